The molecule has 1 heterocycles. The molecule has 0 N–H and O–H groups in total. The lowest BCUT2D eigenvalue weighted by Gasteiger charge is -2.31. The van der Waals surface area contributed by atoms with E-state index in [0.717, 1.165) is 0 Å². The zero-order chi connectivity index (χ0) is 15.8. The maximum Gasteiger partial charge on any atom is 0.246 e. The van der Waals surface area contributed by atoms with Crippen LogP contribution in [0, 0.1) is 11.2 Å². The van der Waals surface area contributed by atoms with Gasteiger partial charge in [0, 0.05) is 17.6 Å². The van der Waals surface area contributed by atoms with Crippen LogP contribution in [0.4, 0.5) is 4.39 Å². The molecule has 0 aliphatic carbocycles. The number of rotatable bonds is 2. The van der Waals surface area contributed by atoms with Crippen LogP contribution in [0.25, 0.3) is 0 Å². The van der Waals surface area contributed by atoms with E-state index in [0.29, 0.717) is 24.0 Å². The number of benzene rings is 1. The first-order valence-corrected chi connectivity index (χ1v) is 9.00. The molecule has 0 fully saturated rings. The van der Waals surface area contributed by atoms with E-state index in [9.17, 15) is 12.8 Å². The summed E-state index contributed by atoms with van der Waals surface area (Å²) < 4.78 is 40.8. The van der Waals surface area contributed by atoms with Crippen LogP contribution in [-0.4, -0.2) is 25.8 Å². The Hall–Kier alpha value is -0.720. The first-order valence-electron chi connectivity index (χ1n) is 6.77. The smallest absolute Gasteiger partial charge is 0.207 e. The molecule has 0 spiro atoms. The topological polar surface area (TPSA) is 37.4 Å². The van der Waals surface area contributed by atoms with E-state index < -0.39 is 15.8 Å². The summed E-state index contributed by atoms with van der Waals surface area (Å²) >= 11 is 3.13. The minimum absolute atomic E-state index is 0.0404. The van der Waals surface area contributed by atoms with Crippen LogP contribution in [0.1, 0.15) is 27.2 Å². The van der Waals surface area contributed by atoms with Gasteiger partial charge in [-0.1, -0.05) is 48.4 Å². The van der Waals surface area contributed by atoms with Crippen LogP contribution in [0.2, 0.25) is 0 Å². The van der Waals surface area contributed by atoms with Gasteiger partial charge in [0.25, 0.3) is 0 Å². The van der Waals surface area contributed by atoms with Crippen molar-refractivity contribution in [1.82, 2.24) is 4.31 Å². The molecule has 1 aliphatic heterocycles. The Bertz CT molecular complexity index is 677. The molecule has 0 aromatic heterocycles. The molecule has 0 radical (unpaired) electrons. The first kappa shape index (κ1) is 16.6. The molecule has 0 saturated heterocycles. The Morgan fingerprint density at radius 2 is 1.95 bits per heavy atom. The summed E-state index contributed by atoms with van der Waals surface area (Å²) in [7, 11) is -3.79. The van der Waals surface area contributed by atoms with Crippen LogP contribution in [0.3, 0.4) is 0 Å². The van der Waals surface area contributed by atoms with Gasteiger partial charge in [0.2, 0.25) is 10.0 Å². The number of sulfonamides is 1. The normalized spacial score (nSPS) is 17.7. The highest BCUT2D eigenvalue weighted by Gasteiger charge is 2.30. The Morgan fingerprint density at radius 1 is 1.29 bits per heavy atom. The average molecular weight is 376 g/mol. The van der Waals surface area contributed by atoms with Gasteiger partial charge in [-0.3, -0.25) is 0 Å². The summed E-state index contributed by atoms with van der Waals surface area (Å²) in [6, 6.07) is 4.02. The fraction of sp³-hybridized carbons (Fsp3) is 0.467. The predicted octanol–water partition coefficient (Wildman–Crippen LogP) is 3.96. The van der Waals surface area contributed by atoms with E-state index in [4.69, 9.17) is 0 Å². The standard InChI is InChI=1S/C15H19BrFNO2S/c1-15(2,3)11-6-8-18(9-7-11)21(19,20)14-5-4-12(16)10-13(14)17/h4-6,10H,7-9H2,1-3H3. The molecule has 1 aliphatic rings. The molecule has 21 heavy (non-hydrogen) atoms. The number of nitrogens with zero attached hydrogens (tertiary/aromatic N) is 1. The molecule has 3 nitrogen and oxygen atoms in total. The van der Waals surface area contributed by atoms with Gasteiger partial charge in [-0.2, -0.15) is 4.31 Å². The maximum atomic E-state index is 13.9. The Morgan fingerprint density at radius 3 is 2.43 bits per heavy atom. The second-order valence-corrected chi connectivity index (χ2v) is 8.99. The van der Waals surface area contributed by atoms with Crippen LogP contribution in [0.5, 0.6) is 0 Å². The molecule has 1 aromatic carbocycles. The van der Waals surface area contributed by atoms with Crippen LogP contribution < -0.4 is 0 Å². The summed E-state index contributed by atoms with van der Waals surface area (Å²) in [6.45, 7) is 7.01. The third-order valence-electron chi connectivity index (χ3n) is 3.65. The molecular weight excluding hydrogens is 357 g/mol. The van der Waals surface area contributed by atoms with Gasteiger partial charge in [-0.25, -0.2) is 12.8 Å². The minimum Gasteiger partial charge on any atom is -0.207 e. The maximum absolute atomic E-state index is 13.9. The SMILES string of the molecule is CC(C)(C)C1=CCN(S(=O)(=O)c2ccc(Br)cc2F)CC1. The fourth-order valence-corrected chi connectivity index (χ4v) is 4.13. The van der Waals surface area contributed by atoms with Gasteiger partial charge >= 0.3 is 0 Å². The quantitative estimate of drug-likeness (QED) is 0.733. The number of hydrogen-bond donors (Lipinski definition) is 0. The summed E-state index contributed by atoms with van der Waals surface area (Å²) in [5.74, 6) is -0.727. The van der Waals surface area contributed by atoms with Crippen molar-refractivity contribution >= 4 is 26.0 Å². The highest BCUT2D eigenvalue weighted by Crippen LogP contribution is 2.32. The molecule has 0 unspecified atom stereocenters. The number of halogens is 2. The van der Waals surface area contributed by atoms with Crippen molar-refractivity contribution in [2.45, 2.75) is 32.1 Å². The van der Waals surface area contributed by atoms with Crippen molar-refractivity contribution in [3.63, 3.8) is 0 Å². The average Bonchev–Trinajstić information content (AvgIpc) is 2.37. The molecular formula is C15H19BrFNO2S. The van der Waals surface area contributed by atoms with Gasteiger partial charge in [0.05, 0.1) is 0 Å². The molecule has 0 amide bonds. The van der Waals surface area contributed by atoms with Gasteiger partial charge in [0.1, 0.15) is 10.7 Å². The fourth-order valence-electron chi connectivity index (χ4n) is 2.37. The zero-order valence-corrected chi connectivity index (χ0v) is 14.8. The van der Waals surface area contributed by atoms with E-state index in [1.54, 1.807) is 0 Å². The summed E-state index contributed by atoms with van der Waals surface area (Å²) in [6.07, 6.45) is 2.62. The molecule has 116 valence electrons. The highest BCUT2D eigenvalue weighted by atomic mass is 79.9. The summed E-state index contributed by atoms with van der Waals surface area (Å²) in [5.41, 5.74) is 1.28. The first-order chi connectivity index (χ1) is 9.62. The Balaban J connectivity index is 2.29. The van der Waals surface area contributed by atoms with Crippen LogP contribution in [-0.2, 0) is 10.0 Å². The summed E-state index contributed by atoms with van der Waals surface area (Å²) in [4.78, 5) is -0.265. The van der Waals surface area contributed by atoms with E-state index in [2.05, 4.69) is 36.7 Å². The molecule has 2 rings (SSSR count). The Labute approximate surface area is 134 Å². The summed E-state index contributed by atoms with van der Waals surface area (Å²) in [5, 5.41) is 0. The van der Waals surface area contributed by atoms with Crippen molar-refractivity contribution in [3.8, 4) is 0 Å². The van der Waals surface area contributed by atoms with Gasteiger partial charge in [0.15, 0.2) is 0 Å². The lowest BCUT2D eigenvalue weighted by atomic mass is 9.83. The van der Waals surface area contributed by atoms with Crippen molar-refractivity contribution in [3.05, 3.63) is 40.1 Å². The lowest BCUT2D eigenvalue weighted by Crippen LogP contribution is -2.36. The van der Waals surface area contributed by atoms with E-state index in [1.807, 2.05) is 6.08 Å². The largest absolute Gasteiger partial charge is 0.246 e. The molecule has 0 saturated carbocycles. The van der Waals surface area contributed by atoms with Gasteiger partial charge < -0.3 is 0 Å². The van der Waals surface area contributed by atoms with Crippen molar-refractivity contribution < 1.29 is 12.8 Å². The third-order valence-corrected chi connectivity index (χ3v) is 6.04. The minimum atomic E-state index is -3.79. The van der Waals surface area contributed by atoms with Crippen molar-refractivity contribution in [2.24, 2.45) is 5.41 Å². The molecule has 0 bridgehead atoms. The van der Waals surface area contributed by atoms with Gasteiger partial charge in [-0.05, 0) is 30.0 Å². The second kappa shape index (κ2) is 5.82. The number of hydrogen-bond acceptors (Lipinski definition) is 2. The molecule has 0 atom stereocenters. The Kier molecular flexibility index (Phi) is 4.61. The molecule has 6 heteroatoms. The third kappa shape index (κ3) is 3.55. The van der Waals surface area contributed by atoms with E-state index >= 15 is 0 Å². The van der Waals surface area contributed by atoms with Crippen LogP contribution in [0.15, 0.2) is 39.2 Å². The van der Waals surface area contributed by atoms with E-state index in [1.165, 1.54) is 28.1 Å². The highest BCUT2D eigenvalue weighted by molar-refractivity contribution is 9.10. The van der Waals surface area contributed by atoms with Crippen molar-refractivity contribution in [1.29, 1.82) is 0 Å². The lowest BCUT2D eigenvalue weighted by molar-refractivity contribution is 0.387. The zero-order valence-electron chi connectivity index (χ0n) is 12.4. The van der Waals surface area contributed by atoms with E-state index in [-0.39, 0.29) is 10.3 Å². The predicted molar refractivity (Wildman–Crippen MR) is 85.0 cm³/mol. The monoisotopic (exact) mass is 375 g/mol. The van der Waals surface area contributed by atoms with Crippen LogP contribution >= 0.6 is 15.9 Å². The molecule has 1 aromatic rings. The second-order valence-electron chi connectivity index (χ2n) is 6.17. The van der Waals surface area contributed by atoms with Crippen molar-refractivity contribution in [2.75, 3.05) is 13.1 Å². The van der Waals surface area contributed by atoms with Gasteiger partial charge in [-0.15, -0.1) is 0 Å².